The van der Waals surface area contributed by atoms with Gasteiger partial charge in [0.25, 0.3) is 11.8 Å². The number of imide groups is 1. The lowest BCUT2D eigenvalue weighted by atomic mass is 9.98. The van der Waals surface area contributed by atoms with E-state index in [1.165, 1.54) is 16.2 Å². The van der Waals surface area contributed by atoms with Crippen LogP contribution in [0.15, 0.2) is 30.2 Å². The van der Waals surface area contributed by atoms with Gasteiger partial charge in [0.1, 0.15) is 6.04 Å². The second-order valence-corrected chi connectivity index (χ2v) is 6.35. The van der Waals surface area contributed by atoms with E-state index in [1.54, 1.807) is 17.0 Å². The first-order valence-corrected chi connectivity index (χ1v) is 8.07. The first-order valence-electron chi connectivity index (χ1n) is 7.19. The number of carbonyl (C=O) groups excluding carboxylic acids is 3. The second-order valence-electron chi connectivity index (χ2n) is 5.40. The van der Waals surface area contributed by atoms with Gasteiger partial charge in [-0.25, -0.2) is 4.79 Å². The predicted octanol–water partition coefficient (Wildman–Crippen LogP) is 1.46. The van der Waals surface area contributed by atoms with E-state index in [2.05, 4.69) is 11.9 Å². The van der Waals surface area contributed by atoms with E-state index in [1.807, 2.05) is 11.4 Å². The van der Waals surface area contributed by atoms with Crippen LogP contribution in [0.2, 0.25) is 0 Å². The summed E-state index contributed by atoms with van der Waals surface area (Å²) in [5.41, 5.74) is 0. The molecule has 1 aromatic rings. The molecule has 0 aromatic carbocycles. The van der Waals surface area contributed by atoms with E-state index in [0.29, 0.717) is 24.3 Å². The molecule has 116 valence electrons. The Kier molecular flexibility index (Phi) is 3.98. The van der Waals surface area contributed by atoms with Gasteiger partial charge >= 0.3 is 6.03 Å². The number of rotatable bonds is 4. The molecule has 4 amide bonds. The number of nitrogens with zero attached hydrogens (tertiary/aromatic N) is 2. The molecule has 1 aromatic heterocycles. The number of piperidine rings is 1. The van der Waals surface area contributed by atoms with E-state index >= 15 is 0 Å². The molecule has 1 N–H and O–H groups in total. The molecular formula is C15H17N3O3S. The summed E-state index contributed by atoms with van der Waals surface area (Å²) in [6.07, 6.45) is 2.67. The summed E-state index contributed by atoms with van der Waals surface area (Å²) in [5.74, 6) is -0.312. The van der Waals surface area contributed by atoms with Crippen LogP contribution < -0.4 is 5.32 Å². The van der Waals surface area contributed by atoms with Crippen LogP contribution in [-0.4, -0.2) is 52.8 Å². The molecule has 2 saturated heterocycles. The molecule has 0 radical (unpaired) electrons. The van der Waals surface area contributed by atoms with Crippen LogP contribution in [0.4, 0.5) is 4.79 Å². The van der Waals surface area contributed by atoms with E-state index in [-0.39, 0.29) is 30.4 Å². The number of thiophene rings is 1. The molecule has 2 aliphatic heterocycles. The van der Waals surface area contributed by atoms with Crippen LogP contribution in [0.25, 0.3) is 0 Å². The summed E-state index contributed by atoms with van der Waals surface area (Å²) in [7, 11) is 0. The number of hydrogen-bond acceptors (Lipinski definition) is 4. The molecule has 2 fully saturated rings. The highest BCUT2D eigenvalue weighted by molar-refractivity contribution is 7.12. The molecule has 0 unspecified atom stereocenters. The van der Waals surface area contributed by atoms with Gasteiger partial charge in [-0.1, -0.05) is 12.1 Å². The lowest BCUT2D eigenvalue weighted by Crippen LogP contribution is -2.49. The van der Waals surface area contributed by atoms with Crippen molar-refractivity contribution < 1.29 is 14.4 Å². The highest BCUT2D eigenvalue weighted by Gasteiger charge is 2.47. The third kappa shape index (κ3) is 2.52. The summed E-state index contributed by atoms with van der Waals surface area (Å²) in [6.45, 7) is 4.29. The number of urea groups is 1. The minimum atomic E-state index is -0.463. The zero-order valence-corrected chi connectivity index (χ0v) is 12.8. The summed E-state index contributed by atoms with van der Waals surface area (Å²) in [6, 6.07) is 2.80. The quantitative estimate of drug-likeness (QED) is 0.675. The van der Waals surface area contributed by atoms with Crippen molar-refractivity contribution in [3.05, 3.63) is 35.0 Å². The molecule has 3 rings (SSSR count). The van der Waals surface area contributed by atoms with Crippen molar-refractivity contribution >= 4 is 29.2 Å². The maximum absolute atomic E-state index is 12.3. The van der Waals surface area contributed by atoms with E-state index in [0.717, 1.165) is 0 Å². The third-order valence-corrected chi connectivity index (χ3v) is 4.89. The maximum Gasteiger partial charge on any atom is 0.327 e. The lowest BCUT2D eigenvalue weighted by molar-refractivity contribution is -0.128. The molecule has 0 saturated carbocycles. The van der Waals surface area contributed by atoms with Crippen molar-refractivity contribution in [3.8, 4) is 0 Å². The van der Waals surface area contributed by atoms with Gasteiger partial charge in [-0.2, -0.15) is 0 Å². The fourth-order valence-corrected chi connectivity index (χ4v) is 3.58. The van der Waals surface area contributed by atoms with Gasteiger partial charge in [-0.15, -0.1) is 17.9 Å². The normalized spacial score (nSPS) is 24.4. The van der Waals surface area contributed by atoms with Gasteiger partial charge in [0.2, 0.25) is 0 Å². The largest absolute Gasteiger partial charge is 0.348 e. The zero-order valence-electron chi connectivity index (χ0n) is 12.0. The van der Waals surface area contributed by atoms with Crippen molar-refractivity contribution in [2.75, 3.05) is 13.1 Å². The molecule has 3 heterocycles. The van der Waals surface area contributed by atoms with E-state index in [9.17, 15) is 14.4 Å². The number of amides is 4. The molecule has 7 heteroatoms. The fraction of sp³-hybridized carbons (Fsp3) is 0.400. The highest BCUT2D eigenvalue weighted by Crippen LogP contribution is 2.27. The van der Waals surface area contributed by atoms with Gasteiger partial charge in [-0.05, 0) is 24.3 Å². The number of nitrogens with one attached hydrogen (secondary N) is 1. The molecule has 0 aliphatic carbocycles. The minimum Gasteiger partial charge on any atom is -0.348 e. The molecule has 22 heavy (non-hydrogen) atoms. The van der Waals surface area contributed by atoms with Gasteiger partial charge < -0.3 is 10.2 Å². The number of carbonyl (C=O) groups is 3. The SMILES string of the molecule is C=CCN1C(=O)[C@@H]2C[C@@H](NC(=O)c3cccs3)CCN2C1=O. The molecule has 6 nitrogen and oxygen atoms in total. The molecular weight excluding hydrogens is 302 g/mol. The molecule has 0 bridgehead atoms. The Bertz CT molecular complexity index is 614. The zero-order chi connectivity index (χ0) is 15.7. The van der Waals surface area contributed by atoms with Crippen LogP contribution in [-0.2, 0) is 4.79 Å². The number of fused-ring (bicyclic) bond motifs is 1. The predicted molar refractivity (Wildman–Crippen MR) is 82.6 cm³/mol. The topological polar surface area (TPSA) is 69.7 Å². The summed E-state index contributed by atoms with van der Waals surface area (Å²) in [5, 5.41) is 4.81. The van der Waals surface area contributed by atoms with E-state index in [4.69, 9.17) is 0 Å². The van der Waals surface area contributed by atoms with Crippen molar-refractivity contribution in [2.24, 2.45) is 0 Å². The Labute approximate surface area is 132 Å². The Balaban J connectivity index is 1.66. The van der Waals surface area contributed by atoms with Crippen molar-refractivity contribution in [3.63, 3.8) is 0 Å². The Morgan fingerprint density at radius 3 is 3.00 bits per heavy atom. The molecule has 2 atom stereocenters. The summed E-state index contributed by atoms with van der Waals surface area (Å²) in [4.78, 5) is 40.0. The van der Waals surface area contributed by atoms with Crippen LogP contribution in [0.5, 0.6) is 0 Å². The maximum atomic E-state index is 12.3. The van der Waals surface area contributed by atoms with Crippen molar-refractivity contribution in [2.45, 2.75) is 24.9 Å². The van der Waals surface area contributed by atoms with Gasteiger partial charge in [0, 0.05) is 19.1 Å². The van der Waals surface area contributed by atoms with Crippen LogP contribution in [0, 0.1) is 0 Å². The van der Waals surface area contributed by atoms with E-state index < -0.39 is 6.04 Å². The van der Waals surface area contributed by atoms with Crippen molar-refractivity contribution in [1.82, 2.24) is 15.1 Å². The average molecular weight is 319 g/mol. The lowest BCUT2D eigenvalue weighted by Gasteiger charge is -2.32. The average Bonchev–Trinajstić information content (AvgIpc) is 3.12. The summed E-state index contributed by atoms with van der Waals surface area (Å²) >= 11 is 1.38. The molecule has 0 spiro atoms. The van der Waals surface area contributed by atoms with Crippen molar-refractivity contribution in [1.29, 1.82) is 0 Å². The Morgan fingerprint density at radius 2 is 2.32 bits per heavy atom. The van der Waals surface area contributed by atoms with Gasteiger partial charge in [0.15, 0.2) is 0 Å². The first kappa shape index (κ1) is 14.8. The Hall–Kier alpha value is -2.15. The highest BCUT2D eigenvalue weighted by atomic mass is 32.1. The summed E-state index contributed by atoms with van der Waals surface area (Å²) < 4.78 is 0. The standard InChI is InChI=1S/C15H17N3O3S/c1-2-6-18-14(20)11-9-10(5-7-17(11)15(18)21)16-13(19)12-4-3-8-22-12/h2-4,8,10-11H,1,5-7,9H2,(H,16,19)/t10-,11-/m0/s1. The smallest absolute Gasteiger partial charge is 0.327 e. The third-order valence-electron chi connectivity index (χ3n) is 4.02. The molecule has 2 aliphatic rings. The second kappa shape index (κ2) is 5.92. The fourth-order valence-electron chi connectivity index (χ4n) is 2.95. The first-order chi connectivity index (χ1) is 10.6. The van der Waals surface area contributed by atoms with Crippen LogP contribution >= 0.6 is 11.3 Å². The monoisotopic (exact) mass is 319 g/mol. The Morgan fingerprint density at radius 1 is 1.50 bits per heavy atom. The number of hydrogen-bond donors (Lipinski definition) is 1. The van der Waals surface area contributed by atoms with Crippen LogP contribution in [0.1, 0.15) is 22.5 Å². The van der Waals surface area contributed by atoms with Gasteiger partial charge in [-0.3, -0.25) is 14.5 Å². The minimum absolute atomic E-state index is 0.0868. The van der Waals surface area contributed by atoms with Crippen LogP contribution in [0.3, 0.4) is 0 Å². The van der Waals surface area contributed by atoms with Gasteiger partial charge in [0.05, 0.1) is 4.88 Å².